The second-order valence-electron chi connectivity index (χ2n) is 8.13. The molecule has 5 rings (SSSR count). The van der Waals surface area contributed by atoms with Crippen LogP contribution in [-0.2, 0) is 11.3 Å². The van der Waals surface area contributed by atoms with Crippen molar-refractivity contribution in [2.45, 2.75) is 31.5 Å². The quantitative estimate of drug-likeness (QED) is 0.365. The number of likely N-dealkylation sites (tertiary alicyclic amines) is 1. The van der Waals surface area contributed by atoms with E-state index in [9.17, 15) is 17.6 Å². The summed E-state index contributed by atoms with van der Waals surface area (Å²) in [7, 11) is 0. The molecule has 1 fully saturated rings. The van der Waals surface area contributed by atoms with E-state index in [2.05, 4.69) is 22.4 Å². The zero-order chi connectivity index (χ0) is 25.0. The largest absolute Gasteiger partial charge is 0.490 e. The maximum atomic E-state index is 13.5. The number of pyridine rings is 1. The molecule has 0 radical (unpaired) electrons. The number of nitrogens with zero attached hydrogens (tertiary/aromatic N) is 4. The molecule has 35 heavy (non-hydrogen) atoms. The molecule has 0 atom stereocenters. The Morgan fingerprint density at radius 1 is 1.09 bits per heavy atom. The number of rotatable bonds is 4. The van der Waals surface area contributed by atoms with Crippen LogP contribution in [0, 0.1) is 5.82 Å². The number of hydrogen-bond donors (Lipinski definition) is 1. The van der Waals surface area contributed by atoms with Crippen LogP contribution in [0.1, 0.15) is 29.5 Å². The molecule has 0 aliphatic carbocycles. The second kappa shape index (κ2) is 10.5. The van der Waals surface area contributed by atoms with Crippen LogP contribution in [-0.4, -0.2) is 49.8 Å². The molecule has 3 aromatic heterocycles. The van der Waals surface area contributed by atoms with Gasteiger partial charge >= 0.3 is 12.1 Å². The number of carboxylic acid groups (broad SMARTS) is 1. The molecule has 1 saturated heterocycles. The molecule has 4 aromatic rings. The molecule has 0 spiro atoms. The molecule has 184 valence electrons. The summed E-state index contributed by atoms with van der Waals surface area (Å²) in [6.45, 7) is 3.19. The molecule has 4 heterocycles. The fourth-order valence-electron chi connectivity index (χ4n) is 3.88. The van der Waals surface area contributed by atoms with Gasteiger partial charge in [-0.1, -0.05) is 18.2 Å². The first-order valence-corrected chi connectivity index (χ1v) is 11.7. The number of carboxylic acids is 1. The molecule has 1 N–H and O–H groups in total. The zero-order valence-electron chi connectivity index (χ0n) is 18.5. The van der Waals surface area contributed by atoms with Crippen molar-refractivity contribution < 1.29 is 27.5 Å². The highest BCUT2D eigenvalue weighted by molar-refractivity contribution is 7.09. The summed E-state index contributed by atoms with van der Waals surface area (Å²) < 4.78 is 47.1. The Bertz CT molecular complexity index is 1280. The van der Waals surface area contributed by atoms with E-state index < -0.39 is 12.1 Å². The summed E-state index contributed by atoms with van der Waals surface area (Å²) in [6, 6.07) is 14.9. The van der Waals surface area contributed by atoms with Crippen LogP contribution >= 0.6 is 11.3 Å². The Hall–Kier alpha value is -3.31. The summed E-state index contributed by atoms with van der Waals surface area (Å²) >= 11 is 1.82. The van der Waals surface area contributed by atoms with Crippen molar-refractivity contribution >= 4 is 23.0 Å². The molecule has 0 saturated carbocycles. The number of hydrogen-bond acceptors (Lipinski definition) is 5. The molecule has 6 nitrogen and oxygen atoms in total. The van der Waals surface area contributed by atoms with Crippen LogP contribution < -0.4 is 0 Å². The zero-order valence-corrected chi connectivity index (χ0v) is 19.3. The summed E-state index contributed by atoms with van der Waals surface area (Å²) in [5, 5.41) is 14.0. The lowest BCUT2D eigenvalue weighted by Crippen LogP contribution is -2.32. The summed E-state index contributed by atoms with van der Waals surface area (Å²) in [5.74, 6) is -1.66. The van der Waals surface area contributed by atoms with Gasteiger partial charge in [0.2, 0.25) is 0 Å². The minimum absolute atomic E-state index is 0.230. The SMILES string of the molecule is Fc1cccc(-c2ccc3nc(C4CCN(Cc5cccs5)CC4)nn3c2)c1.O=C(O)C(F)(F)F. The standard InChI is InChI=1S/C22H21FN4S.C2HF3O2/c23-19-4-1-3-17(13-19)18-6-7-21-24-22(25-27(21)14-18)16-8-10-26(11-9-16)15-20-5-2-12-28-20;3-2(4,5)1(6)7/h1-7,12-14,16H,8-11,15H2;(H,6,7). The van der Waals surface area contributed by atoms with Gasteiger partial charge in [0.05, 0.1) is 0 Å². The Morgan fingerprint density at radius 3 is 2.46 bits per heavy atom. The van der Waals surface area contributed by atoms with Crippen LogP contribution in [0.15, 0.2) is 60.1 Å². The molecular weight excluding hydrogens is 484 g/mol. The van der Waals surface area contributed by atoms with E-state index in [4.69, 9.17) is 20.0 Å². The fourth-order valence-corrected chi connectivity index (χ4v) is 4.63. The predicted molar refractivity (Wildman–Crippen MR) is 124 cm³/mol. The highest BCUT2D eigenvalue weighted by Crippen LogP contribution is 2.28. The van der Waals surface area contributed by atoms with Gasteiger partial charge in [0.15, 0.2) is 11.5 Å². The van der Waals surface area contributed by atoms with Gasteiger partial charge < -0.3 is 5.11 Å². The van der Waals surface area contributed by atoms with Gasteiger partial charge in [-0.05, 0) is 67.2 Å². The Labute approximate surface area is 202 Å². The first kappa shape index (κ1) is 24.8. The maximum Gasteiger partial charge on any atom is 0.490 e. The number of aliphatic carboxylic acids is 1. The van der Waals surface area contributed by atoms with Gasteiger partial charge in [-0.3, -0.25) is 4.90 Å². The van der Waals surface area contributed by atoms with E-state index >= 15 is 0 Å². The maximum absolute atomic E-state index is 13.5. The number of carbonyl (C=O) groups is 1. The number of alkyl halides is 3. The van der Waals surface area contributed by atoms with Crippen LogP contribution in [0.2, 0.25) is 0 Å². The van der Waals surface area contributed by atoms with Gasteiger partial charge in [-0.15, -0.1) is 11.3 Å². The van der Waals surface area contributed by atoms with Crippen LogP contribution in [0.3, 0.4) is 0 Å². The van der Waals surface area contributed by atoms with E-state index in [1.54, 1.807) is 12.1 Å². The van der Waals surface area contributed by atoms with E-state index in [1.165, 1.54) is 10.9 Å². The highest BCUT2D eigenvalue weighted by Gasteiger charge is 2.38. The summed E-state index contributed by atoms with van der Waals surface area (Å²) in [4.78, 5) is 17.6. The highest BCUT2D eigenvalue weighted by atomic mass is 32.1. The number of fused-ring (bicyclic) bond motifs is 1. The third-order valence-electron chi connectivity index (χ3n) is 5.66. The summed E-state index contributed by atoms with van der Waals surface area (Å²) in [6.07, 6.45) is -0.982. The first-order valence-electron chi connectivity index (χ1n) is 10.9. The van der Waals surface area contributed by atoms with Crippen molar-refractivity contribution in [2.75, 3.05) is 13.1 Å². The average molecular weight is 507 g/mol. The van der Waals surface area contributed by atoms with Gasteiger partial charge in [0.1, 0.15) is 5.82 Å². The Morgan fingerprint density at radius 2 is 1.83 bits per heavy atom. The number of thiophene rings is 1. The van der Waals surface area contributed by atoms with Gasteiger partial charge in [0, 0.05) is 29.1 Å². The number of halogens is 4. The molecule has 1 aromatic carbocycles. The van der Waals surface area contributed by atoms with E-state index in [0.717, 1.165) is 55.1 Å². The third kappa shape index (κ3) is 6.43. The molecule has 11 heteroatoms. The van der Waals surface area contributed by atoms with Crippen molar-refractivity contribution in [3.8, 4) is 11.1 Å². The van der Waals surface area contributed by atoms with Crippen LogP contribution in [0.25, 0.3) is 16.8 Å². The average Bonchev–Trinajstić information content (AvgIpc) is 3.48. The molecule has 1 aliphatic heterocycles. The number of benzene rings is 1. The van der Waals surface area contributed by atoms with E-state index in [1.807, 2.05) is 40.2 Å². The van der Waals surface area contributed by atoms with Crippen LogP contribution in [0.4, 0.5) is 17.6 Å². The second-order valence-corrected chi connectivity index (χ2v) is 9.17. The minimum Gasteiger partial charge on any atom is -0.475 e. The summed E-state index contributed by atoms with van der Waals surface area (Å²) in [5.41, 5.74) is 2.63. The smallest absolute Gasteiger partial charge is 0.475 e. The normalized spacial score (nSPS) is 15.1. The lowest BCUT2D eigenvalue weighted by atomic mass is 9.96. The number of aromatic nitrogens is 3. The Balaban J connectivity index is 0.000000364. The molecule has 1 aliphatic rings. The monoisotopic (exact) mass is 506 g/mol. The van der Waals surface area contributed by atoms with Crippen molar-refractivity contribution in [2.24, 2.45) is 0 Å². The lowest BCUT2D eigenvalue weighted by molar-refractivity contribution is -0.192. The first-order chi connectivity index (χ1) is 16.7. The van der Waals surface area contributed by atoms with E-state index in [0.29, 0.717) is 5.92 Å². The number of piperidine rings is 1. The molecule has 0 amide bonds. The van der Waals surface area contributed by atoms with Crippen molar-refractivity contribution in [3.63, 3.8) is 0 Å². The molecular formula is C24H22F4N4O2S. The van der Waals surface area contributed by atoms with Gasteiger partial charge in [-0.25, -0.2) is 18.7 Å². The fraction of sp³-hybridized carbons (Fsp3) is 0.292. The van der Waals surface area contributed by atoms with Crippen LogP contribution in [0.5, 0.6) is 0 Å². The molecule has 0 bridgehead atoms. The lowest BCUT2D eigenvalue weighted by Gasteiger charge is -2.30. The van der Waals surface area contributed by atoms with Gasteiger partial charge in [0.25, 0.3) is 0 Å². The van der Waals surface area contributed by atoms with Crippen molar-refractivity contribution in [1.82, 2.24) is 19.5 Å². The predicted octanol–water partition coefficient (Wildman–Crippen LogP) is 5.61. The third-order valence-corrected chi connectivity index (χ3v) is 6.52. The topological polar surface area (TPSA) is 70.7 Å². The molecule has 0 unspecified atom stereocenters. The van der Waals surface area contributed by atoms with Crippen molar-refractivity contribution in [1.29, 1.82) is 0 Å². The van der Waals surface area contributed by atoms with Gasteiger partial charge in [-0.2, -0.15) is 18.3 Å². The Kier molecular flexibility index (Phi) is 7.46. The van der Waals surface area contributed by atoms with E-state index in [-0.39, 0.29) is 5.82 Å². The van der Waals surface area contributed by atoms with Crippen molar-refractivity contribution in [3.05, 3.63) is 76.6 Å². The minimum atomic E-state index is -5.08.